The van der Waals surface area contributed by atoms with E-state index < -0.39 is 5.91 Å². The van der Waals surface area contributed by atoms with E-state index in [2.05, 4.69) is 0 Å². The van der Waals surface area contributed by atoms with Gasteiger partial charge in [0.15, 0.2) is 11.5 Å². The van der Waals surface area contributed by atoms with Crippen molar-refractivity contribution in [3.63, 3.8) is 0 Å². The lowest BCUT2D eigenvalue weighted by atomic mass is 10.0. The fourth-order valence-electron chi connectivity index (χ4n) is 1.68. The summed E-state index contributed by atoms with van der Waals surface area (Å²) in [6.07, 6.45) is 0. The number of rotatable bonds is 5. The highest BCUT2D eigenvalue weighted by molar-refractivity contribution is 6.35. The van der Waals surface area contributed by atoms with Gasteiger partial charge in [-0.3, -0.25) is 4.79 Å². The van der Waals surface area contributed by atoms with Crippen LogP contribution in [0.2, 0.25) is 5.02 Å². The van der Waals surface area contributed by atoms with Crippen molar-refractivity contribution in [1.82, 2.24) is 0 Å². The molecule has 0 aliphatic carbocycles. The van der Waals surface area contributed by atoms with Crippen molar-refractivity contribution < 1.29 is 19.0 Å². The fraction of sp³-hybridized carbons (Fsp3) is 0.364. The number of hydrogen-bond donors (Lipinski definition) is 2. The number of nitrogens with two attached hydrogens (primary N) is 2. The van der Waals surface area contributed by atoms with Gasteiger partial charge >= 0.3 is 0 Å². The van der Waals surface area contributed by atoms with E-state index in [1.165, 1.54) is 21.3 Å². The Hall–Kier alpha value is -1.66. The van der Waals surface area contributed by atoms with Crippen molar-refractivity contribution in [2.75, 3.05) is 27.1 Å². The van der Waals surface area contributed by atoms with E-state index in [9.17, 15) is 4.79 Å². The predicted molar refractivity (Wildman–Crippen MR) is 68.2 cm³/mol. The Bertz CT molecular complexity index is 477. The number of amides is 1. The van der Waals surface area contributed by atoms with Gasteiger partial charge in [-0.15, -0.1) is 0 Å². The molecule has 0 aliphatic heterocycles. The number of primary amides is 1. The summed E-state index contributed by atoms with van der Waals surface area (Å²) in [5.74, 6) is -0.366. The number of hydrogen-bond acceptors (Lipinski definition) is 5. The largest absolute Gasteiger partial charge is 0.492 e. The first-order chi connectivity index (χ1) is 8.49. The van der Waals surface area contributed by atoms with E-state index >= 15 is 0 Å². The molecule has 6 nitrogen and oxygen atoms in total. The van der Waals surface area contributed by atoms with Crippen LogP contribution in [0.5, 0.6) is 11.5 Å². The van der Waals surface area contributed by atoms with Gasteiger partial charge in [0, 0.05) is 12.7 Å². The van der Waals surface area contributed by atoms with Gasteiger partial charge in [0.05, 0.1) is 37.1 Å². The molecule has 0 aromatic heterocycles. The van der Waals surface area contributed by atoms with Crippen LogP contribution in [-0.4, -0.2) is 27.2 Å². The van der Waals surface area contributed by atoms with Gasteiger partial charge in [0.25, 0.3) is 5.91 Å². The first-order valence-corrected chi connectivity index (χ1v) is 5.37. The van der Waals surface area contributed by atoms with Crippen LogP contribution in [0.25, 0.3) is 0 Å². The molecule has 1 rings (SSSR count). The van der Waals surface area contributed by atoms with Gasteiger partial charge < -0.3 is 25.7 Å². The van der Waals surface area contributed by atoms with Crippen LogP contribution in [0.15, 0.2) is 0 Å². The van der Waals surface area contributed by atoms with Gasteiger partial charge in [-0.25, -0.2) is 0 Å². The number of halogens is 1. The molecule has 7 heteroatoms. The molecule has 100 valence electrons. The number of anilines is 1. The molecule has 0 unspecified atom stereocenters. The maximum atomic E-state index is 11.5. The average Bonchev–Trinajstić information content (AvgIpc) is 2.34. The van der Waals surface area contributed by atoms with Gasteiger partial charge in [0.1, 0.15) is 0 Å². The summed E-state index contributed by atoms with van der Waals surface area (Å²) in [6.45, 7) is 0.0850. The summed E-state index contributed by atoms with van der Waals surface area (Å²) < 4.78 is 15.2. The Morgan fingerprint density at radius 1 is 1.22 bits per heavy atom. The SMILES string of the molecule is COCc1c(Cl)c(N)c(OC)c(OC)c1C(N)=O. The quantitative estimate of drug-likeness (QED) is 0.786. The Morgan fingerprint density at radius 3 is 2.17 bits per heavy atom. The van der Waals surface area contributed by atoms with Crippen molar-refractivity contribution in [1.29, 1.82) is 0 Å². The molecule has 0 spiro atoms. The Kier molecular flexibility index (Phi) is 4.63. The molecule has 0 saturated heterocycles. The van der Waals surface area contributed by atoms with Crippen LogP contribution in [0, 0.1) is 0 Å². The molecule has 1 amide bonds. The van der Waals surface area contributed by atoms with Crippen LogP contribution >= 0.6 is 11.6 Å². The highest BCUT2D eigenvalue weighted by Crippen LogP contribution is 2.44. The predicted octanol–water partition coefficient (Wildman–Crippen LogP) is 1.18. The summed E-state index contributed by atoms with van der Waals surface area (Å²) in [5.41, 5.74) is 11.8. The minimum absolute atomic E-state index is 0.0850. The molecule has 0 fully saturated rings. The molecule has 0 aliphatic rings. The zero-order valence-corrected chi connectivity index (χ0v) is 11.1. The summed E-state index contributed by atoms with van der Waals surface area (Å²) >= 11 is 6.09. The van der Waals surface area contributed by atoms with Crippen molar-refractivity contribution in [2.24, 2.45) is 5.73 Å². The summed E-state index contributed by atoms with van der Waals surface area (Å²) in [6, 6.07) is 0. The first-order valence-electron chi connectivity index (χ1n) is 5.00. The molecule has 4 N–H and O–H groups in total. The van der Waals surface area contributed by atoms with E-state index in [1.807, 2.05) is 0 Å². The number of carbonyl (C=O) groups is 1. The zero-order valence-electron chi connectivity index (χ0n) is 10.4. The molecular weight excluding hydrogens is 260 g/mol. The van der Waals surface area contributed by atoms with E-state index in [1.54, 1.807) is 0 Å². The zero-order chi connectivity index (χ0) is 13.9. The maximum absolute atomic E-state index is 11.5. The lowest BCUT2D eigenvalue weighted by Gasteiger charge is -2.18. The van der Waals surface area contributed by atoms with Gasteiger partial charge in [-0.05, 0) is 0 Å². The van der Waals surface area contributed by atoms with Crippen LogP contribution in [-0.2, 0) is 11.3 Å². The minimum atomic E-state index is -0.695. The van der Waals surface area contributed by atoms with Crippen molar-refractivity contribution in [3.05, 3.63) is 16.1 Å². The van der Waals surface area contributed by atoms with Crippen molar-refractivity contribution in [3.8, 4) is 11.5 Å². The highest BCUT2D eigenvalue weighted by Gasteiger charge is 2.26. The Balaban J connectivity index is 3.70. The van der Waals surface area contributed by atoms with Crippen LogP contribution in [0.1, 0.15) is 15.9 Å². The van der Waals surface area contributed by atoms with E-state index in [0.717, 1.165) is 0 Å². The number of ether oxygens (including phenoxy) is 3. The number of carbonyl (C=O) groups excluding carboxylic acids is 1. The average molecular weight is 275 g/mol. The van der Waals surface area contributed by atoms with E-state index in [0.29, 0.717) is 5.56 Å². The summed E-state index contributed by atoms with van der Waals surface area (Å²) in [4.78, 5) is 11.5. The standard InChI is InChI=1S/C11H15ClN2O4/c1-16-4-5-6(11(14)15)9(17-2)10(18-3)8(13)7(5)12/h4,13H2,1-3H3,(H2,14,15). The van der Waals surface area contributed by atoms with Crippen LogP contribution in [0.3, 0.4) is 0 Å². The third-order valence-corrected chi connectivity index (χ3v) is 2.86. The van der Waals surface area contributed by atoms with Crippen LogP contribution in [0.4, 0.5) is 5.69 Å². The first kappa shape index (κ1) is 14.4. The van der Waals surface area contributed by atoms with Gasteiger partial charge in [-0.2, -0.15) is 0 Å². The van der Waals surface area contributed by atoms with Crippen molar-refractivity contribution in [2.45, 2.75) is 6.61 Å². The molecule has 0 heterocycles. The highest BCUT2D eigenvalue weighted by atomic mass is 35.5. The maximum Gasteiger partial charge on any atom is 0.253 e. The number of methoxy groups -OCH3 is 3. The lowest BCUT2D eigenvalue weighted by Crippen LogP contribution is -2.17. The second kappa shape index (κ2) is 5.79. The molecule has 1 aromatic rings. The number of nitrogen functional groups attached to an aromatic ring is 1. The monoisotopic (exact) mass is 274 g/mol. The third kappa shape index (κ3) is 2.30. The normalized spacial score (nSPS) is 10.2. The minimum Gasteiger partial charge on any atom is -0.492 e. The molecule has 0 radical (unpaired) electrons. The molecule has 18 heavy (non-hydrogen) atoms. The summed E-state index contributed by atoms with van der Waals surface area (Å²) in [7, 11) is 4.24. The van der Waals surface area contributed by atoms with Crippen LogP contribution < -0.4 is 20.9 Å². The molecule has 1 aromatic carbocycles. The van der Waals surface area contributed by atoms with Gasteiger partial charge in [0.2, 0.25) is 0 Å². The molecule has 0 bridgehead atoms. The molecule has 0 atom stereocenters. The second-order valence-corrected chi connectivity index (χ2v) is 3.82. The topological polar surface area (TPSA) is 96.8 Å². The fourth-order valence-corrected chi connectivity index (χ4v) is 1.92. The van der Waals surface area contributed by atoms with Crippen molar-refractivity contribution >= 4 is 23.2 Å². The van der Waals surface area contributed by atoms with Gasteiger partial charge in [-0.1, -0.05) is 11.6 Å². The second-order valence-electron chi connectivity index (χ2n) is 3.44. The Labute approximate surface area is 110 Å². The number of benzene rings is 1. The van der Waals surface area contributed by atoms with E-state index in [4.69, 9.17) is 37.3 Å². The Morgan fingerprint density at radius 2 is 1.78 bits per heavy atom. The molecular formula is C11H15ClN2O4. The lowest BCUT2D eigenvalue weighted by molar-refractivity contribution is 0.0991. The third-order valence-electron chi connectivity index (χ3n) is 2.42. The molecule has 0 saturated carbocycles. The van der Waals surface area contributed by atoms with E-state index in [-0.39, 0.29) is 34.4 Å². The summed E-state index contributed by atoms with van der Waals surface area (Å²) in [5, 5.41) is 0.170. The smallest absolute Gasteiger partial charge is 0.253 e.